The number of rotatable bonds is 4. The van der Waals surface area contributed by atoms with Crippen LogP contribution in [0.15, 0.2) is 54.5 Å². The molecule has 0 aromatic carbocycles. The Morgan fingerprint density at radius 2 is 2.32 bits per heavy atom. The lowest BCUT2D eigenvalue weighted by Gasteiger charge is -2.30. The van der Waals surface area contributed by atoms with Crippen LogP contribution >= 0.6 is 0 Å². The Kier molecular flexibility index (Phi) is 3.81. The first-order valence-electron chi connectivity index (χ1n) is 8.38. The van der Waals surface area contributed by atoms with Crippen LogP contribution in [0.5, 0.6) is 0 Å². The molecular weight excluding hydrogens is 270 g/mol. The van der Waals surface area contributed by atoms with Crippen LogP contribution in [-0.2, 0) is 0 Å². The molecule has 22 heavy (non-hydrogen) atoms. The second kappa shape index (κ2) is 6.09. The molecule has 2 atom stereocenters. The van der Waals surface area contributed by atoms with Crippen molar-refractivity contribution in [2.45, 2.75) is 37.8 Å². The summed E-state index contributed by atoms with van der Waals surface area (Å²) in [7, 11) is 0. The maximum atomic E-state index is 4.25. The van der Waals surface area contributed by atoms with Gasteiger partial charge in [0.15, 0.2) is 0 Å². The second-order valence-corrected chi connectivity index (χ2v) is 6.46. The Bertz CT molecular complexity index is 609. The topological polar surface area (TPSA) is 28.2 Å². The van der Waals surface area contributed by atoms with Crippen LogP contribution in [0.2, 0.25) is 0 Å². The summed E-state index contributed by atoms with van der Waals surface area (Å²) in [6.45, 7) is 2.35. The lowest BCUT2D eigenvalue weighted by molar-refractivity contribution is 0.310. The molecule has 0 spiro atoms. The van der Waals surface area contributed by atoms with Crippen LogP contribution in [0.3, 0.4) is 0 Å². The third-order valence-corrected chi connectivity index (χ3v) is 5.06. The minimum atomic E-state index is 0.515. The molecule has 114 valence electrons. The van der Waals surface area contributed by atoms with E-state index in [9.17, 15) is 0 Å². The second-order valence-electron chi connectivity index (χ2n) is 6.46. The van der Waals surface area contributed by atoms with Crippen molar-refractivity contribution in [3.63, 3.8) is 0 Å². The fourth-order valence-corrected chi connectivity index (χ4v) is 3.77. The van der Waals surface area contributed by atoms with Crippen molar-refractivity contribution in [1.82, 2.24) is 15.2 Å². The minimum absolute atomic E-state index is 0.515. The summed E-state index contributed by atoms with van der Waals surface area (Å²) >= 11 is 0. The van der Waals surface area contributed by atoms with Crippen LogP contribution in [0, 0.1) is 0 Å². The third-order valence-electron chi connectivity index (χ3n) is 5.06. The number of aromatic nitrogens is 1. The average Bonchev–Trinajstić information content (AvgIpc) is 3.23. The van der Waals surface area contributed by atoms with E-state index in [1.807, 2.05) is 18.5 Å². The first-order chi connectivity index (χ1) is 10.9. The maximum Gasteiger partial charge on any atom is 0.0578 e. The molecule has 1 saturated heterocycles. The number of fused-ring (bicyclic) bond motifs is 1. The van der Waals surface area contributed by atoms with Crippen molar-refractivity contribution in [2.75, 3.05) is 13.1 Å². The standard InChI is InChI=1S/C19H23N3/c1-3-17(14-20-9-1)16-6-5-15-7-11-22(19(15)13-16)12-8-18-4-2-10-21-18/h1,3,5-7,9,11,14,18-19,21H,2,4,8,10,12-13H2. The molecule has 0 bridgehead atoms. The highest BCUT2D eigenvalue weighted by Gasteiger charge is 2.28. The summed E-state index contributed by atoms with van der Waals surface area (Å²) in [5, 5.41) is 3.60. The van der Waals surface area contributed by atoms with Gasteiger partial charge in [0.1, 0.15) is 0 Å². The van der Waals surface area contributed by atoms with Crippen LogP contribution in [0.25, 0.3) is 5.57 Å². The minimum Gasteiger partial charge on any atom is -0.370 e. The Hall–Kier alpha value is -1.87. The van der Waals surface area contributed by atoms with Crippen LogP contribution < -0.4 is 5.32 Å². The van der Waals surface area contributed by atoms with E-state index < -0.39 is 0 Å². The molecule has 3 nitrogen and oxygen atoms in total. The number of hydrogen-bond acceptors (Lipinski definition) is 3. The van der Waals surface area contributed by atoms with E-state index in [0.29, 0.717) is 6.04 Å². The van der Waals surface area contributed by atoms with Gasteiger partial charge < -0.3 is 10.2 Å². The van der Waals surface area contributed by atoms with Gasteiger partial charge in [0.2, 0.25) is 0 Å². The molecule has 1 aliphatic carbocycles. The van der Waals surface area contributed by atoms with Crippen molar-refractivity contribution in [3.05, 3.63) is 60.1 Å². The van der Waals surface area contributed by atoms with Gasteiger partial charge in [-0.2, -0.15) is 0 Å². The quantitative estimate of drug-likeness (QED) is 0.924. The normalized spacial score (nSPS) is 26.8. The highest BCUT2D eigenvalue weighted by Crippen LogP contribution is 2.34. The zero-order valence-corrected chi connectivity index (χ0v) is 12.9. The highest BCUT2D eigenvalue weighted by atomic mass is 15.2. The van der Waals surface area contributed by atoms with E-state index in [1.54, 1.807) is 0 Å². The fraction of sp³-hybridized carbons (Fsp3) is 0.421. The molecule has 4 rings (SSSR count). The molecule has 1 aromatic rings. The molecule has 1 aromatic heterocycles. The molecule has 3 heterocycles. The zero-order valence-electron chi connectivity index (χ0n) is 12.9. The van der Waals surface area contributed by atoms with Crippen molar-refractivity contribution in [1.29, 1.82) is 0 Å². The van der Waals surface area contributed by atoms with Gasteiger partial charge in [-0.1, -0.05) is 18.2 Å². The number of allylic oxidation sites excluding steroid dienone is 2. The Labute approximate surface area is 132 Å². The van der Waals surface area contributed by atoms with E-state index in [0.717, 1.165) is 19.0 Å². The monoisotopic (exact) mass is 293 g/mol. The maximum absolute atomic E-state index is 4.25. The summed E-state index contributed by atoms with van der Waals surface area (Å²) in [4.78, 5) is 6.78. The van der Waals surface area contributed by atoms with E-state index in [1.165, 1.54) is 42.5 Å². The van der Waals surface area contributed by atoms with Gasteiger partial charge in [0.05, 0.1) is 6.04 Å². The molecular formula is C19H23N3. The van der Waals surface area contributed by atoms with Gasteiger partial charge >= 0.3 is 0 Å². The molecule has 0 amide bonds. The van der Waals surface area contributed by atoms with Gasteiger partial charge in [-0.05, 0) is 67.3 Å². The lowest BCUT2D eigenvalue weighted by Crippen LogP contribution is -2.33. The van der Waals surface area contributed by atoms with Crippen molar-refractivity contribution >= 4 is 5.57 Å². The summed E-state index contributed by atoms with van der Waals surface area (Å²) in [6.07, 6.45) is 17.9. The molecule has 3 aliphatic rings. The Morgan fingerprint density at radius 1 is 1.32 bits per heavy atom. The highest BCUT2D eigenvalue weighted by molar-refractivity contribution is 5.70. The molecule has 1 fully saturated rings. The predicted octanol–water partition coefficient (Wildman–Crippen LogP) is 3.14. The summed E-state index contributed by atoms with van der Waals surface area (Å²) in [6, 6.07) is 5.42. The van der Waals surface area contributed by atoms with E-state index in [4.69, 9.17) is 0 Å². The largest absolute Gasteiger partial charge is 0.370 e. The van der Waals surface area contributed by atoms with E-state index >= 15 is 0 Å². The van der Waals surface area contributed by atoms with Gasteiger partial charge in [0, 0.05) is 25.0 Å². The molecule has 2 unspecified atom stereocenters. The molecule has 1 N–H and O–H groups in total. The number of nitrogens with one attached hydrogen (secondary N) is 1. The van der Waals surface area contributed by atoms with E-state index in [-0.39, 0.29) is 0 Å². The number of nitrogens with zero attached hydrogens (tertiary/aromatic N) is 2. The summed E-state index contributed by atoms with van der Waals surface area (Å²) in [5.74, 6) is 0. The molecule has 0 saturated carbocycles. The smallest absolute Gasteiger partial charge is 0.0578 e. The summed E-state index contributed by atoms with van der Waals surface area (Å²) < 4.78 is 0. The summed E-state index contributed by atoms with van der Waals surface area (Å²) in [5.41, 5.74) is 4.10. The van der Waals surface area contributed by atoms with Crippen LogP contribution in [-0.4, -0.2) is 35.1 Å². The molecule has 0 radical (unpaired) electrons. The Balaban J connectivity index is 1.43. The fourth-order valence-electron chi connectivity index (χ4n) is 3.77. The Morgan fingerprint density at radius 3 is 3.14 bits per heavy atom. The number of pyridine rings is 1. The zero-order chi connectivity index (χ0) is 14.8. The average molecular weight is 293 g/mol. The van der Waals surface area contributed by atoms with Gasteiger partial charge in [-0.15, -0.1) is 0 Å². The van der Waals surface area contributed by atoms with Crippen molar-refractivity contribution < 1.29 is 0 Å². The first-order valence-corrected chi connectivity index (χ1v) is 8.38. The van der Waals surface area contributed by atoms with Gasteiger partial charge in [-0.25, -0.2) is 0 Å². The van der Waals surface area contributed by atoms with Crippen molar-refractivity contribution in [3.8, 4) is 0 Å². The predicted molar refractivity (Wildman–Crippen MR) is 90.2 cm³/mol. The van der Waals surface area contributed by atoms with E-state index in [2.05, 4.69) is 45.7 Å². The van der Waals surface area contributed by atoms with Crippen molar-refractivity contribution in [2.24, 2.45) is 0 Å². The molecule has 3 heteroatoms. The van der Waals surface area contributed by atoms with Crippen LogP contribution in [0.4, 0.5) is 0 Å². The number of hydrogen-bond donors (Lipinski definition) is 1. The van der Waals surface area contributed by atoms with Gasteiger partial charge in [-0.3, -0.25) is 4.98 Å². The van der Waals surface area contributed by atoms with Crippen LogP contribution in [0.1, 0.15) is 31.2 Å². The first kappa shape index (κ1) is 13.8. The molecule has 2 aliphatic heterocycles. The van der Waals surface area contributed by atoms with Gasteiger partial charge in [0.25, 0.3) is 0 Å². The third kappa shape index (κ3) is 2.73. The SMILES string of the molecule is C1=CN(CCC2CCCN2)C2CC(c3cccnc3)=CC=C12. The lowest BCUT2D eigenvalue weighted by atomic mass is 9.90.